The van der Waals surface area contributed by atoms with E-state index in [0.29, 0.717) is 18.6 Å². The van der Waals surface area contributed by atoms with Crippen LogP contribution in [0.3, 0.4) is 0 Å². The molecule has 2 rings (SSSR count). The molecule has 0 aliphatic heterocycles. The Morgan fingerprint density at radius 1 is 1.22 bits per heavy atom. The minimum atomic E-state index is -1.16. The zero-order valence-electron chi connectivity index (χ0n) is 12.5. The van der Waals surface area contributed by atoms with Crippen LogP contribution in [0, 0.1) is 18.6 Å². The molecule has 0 aliphatic carbocycles. The molecule has 0 saturated carbocycles. The van der Waals surface area contributed by atoms with E-state index in [-0.39, 0.29) is 6.61 Å². The fourth-order valence-corrected chi connectivity index (χ4v) is 2.21. The smallest absolute Gasteiger partial charge is 0.258 e. The Hall–Kier alpha value is -2.47. The summed E-state index contributed by atoms with van der Waals surface area (Å²) < 4.78 is 26.6. The van der Waals surface area contributed by atoms with E-state index in [9.17, 15) is 23.8 Å². The molecule has 4 nitrogen and oxygen atoms in total. The van der Waals surface area contributed by atoms with Gasteiger partial charge in [-0.3, -0.25) is 4.79 Å². The molecule has 1 atom stereocenters. The second-order valence-electron chi connectivity index (χ2n) is 5.32. The third kappa shape index (κ3) is 4.26. The van der Waals surface area contributed by atoms with Crippen LogP contribution in [0.4, 0.5) is 8.78 Å². The van der Waals surface area contributed by atoms with Crippen molar-refractivity contribution in [2.75, 3.05) is 6.61 Å². The second kappa shape index (κ2) is 7.19. The number of hydrogen-bond donors (Lipinski definition) is 3. The van der Waals surface area contributed by atoms with Gasteiger partial charge in [-0.15, -0.1) is 0 Å². The van der Waals surface area contributed by atoms with Crippen molar-refractivity contribution in [3.63, 3.8) is 0 Å². The molecule has 0 radical (unpaired) electrons. The number of benzene rings is 2. The van der Waals surface area contributed by atoms with Crippen LogP contribution in [0.2, 0.25) is 0 Å². The molecule has 0 heterocycles. The van der Waals surface area contributed by atoms with Gasteiger partial charge in [0.25, 0.3) is 5.91 Å². The highest BCUT2D eigenvalue weighted by molar-refractivity contribution is 5.97. The fraction of sp³-hybridized carbons (Fsp3) is 0.235. The number of phenolic OH excluding ortho intramolecular Hbond substituents is 1. The van der Waals surface area contributed by atoms with Crippen LogP contribution in [-0.2, 0) is 6.42 Å². The van der Waals surface area contributed by atoms with E-state index >= 15 is 0 Å². The van der Waals surface area contributed by atoms with Crippen molar-refractivity contribution in [2.24, 2.45) is 0 Å². The van der Waals surface area contributed by atoms with Crippen LogP contribution in [0.1, 0.15) is 21.5 Å². The van der Waals surface area contributed by atoms with Crippen LogP contribution in [0.15, 0.2) is 36.4 Å². The predicted octanol–water partition coefficient (Wildman–Crippen LogP) is 2.31. The van der Waals surface area contributed by atoms with Crippen LogP contribution < -0.4 is 5.32 Å². The van der Waals surface area contributed by atoms with Gasteiger partial charge in [0.15, 0.2) is 0 Å². The van der Waals surface area contributed by atoms with E-state index in [1.165, 1.54) is 0 Å². The van der Waals surface area contributed by atoms with Crippen molar-refractivity contribution in [1.82, 2.24) is 5.32 Å². The van der Waals surface area contributed by atoms with Crippen LogP contribution in [0.25, 0.3) is 0 Å². The number of carbonyl (C=O) groups excluding carboxylic acids is 1. The Morgan fingerprint density at radius 2 is 1.87 bits per heavy atom. The van der Waals surface area contributed by atoms with Crippen molar-refractivity contribution >= 4 is 5.91 Å². The molecule has 0 spiro atoms. The lowest BCUT2D eigenvalue weighted by molar-refractivity contribution is 0.0909. The quantitative estimate of drug-likeness (QED) is 0.791. The lowest BCUT2D eigenvalue weighted by Crippen LogP contribution is -2.39. The topological polar surface area (TPSA) is 69.6 Å². The molecule has 23 heavy (non-hydrogen) atoms. The average Bonchev–Trinajstić information content (AvgIpc) is 2.47. The molecule has 6 heteroatoms. The summed E-state index contributed by atoms with van der Waals surface area (Å²) in [5, 5.41) is 21.4. The van der Waals surface area contributed by atoms with Gasteiger partial charge in [-0.2, -0.15) is 0 Å². The van der Waals surface area contributed by atoms with E-state index < -0.39 is 34.9 Å². The highest BCUT2D eigenvalue weighted by Crippen LogP contribution is 2.22. The summed E-state index contributed by atoms with van der Waals surface area (Å²) in [7, 11) is 0. The van der Waals surface area contributed by atoms with Gasteiger partial charge in [0, 0.05) is 12.1 Å². The van der Waals surface area contributed by atoms with Gasteiger partial charge in [0.1, 0.15) is 22.9 Å². The first-order chi connectivity index (χ1) is 10.9. The number of nitrogens with one attached hydrogen (secondary N) is 1. The first kappa shape index (κ1) is 16.9. The van der Waals surface area contributed by atoms with Gasteiger partial charge in [0.2, 0.25) is 0 Å². The Labute approximate surface area is 132 Å². The monoisotopic (exact) mass is 321 g/mol. The van der Waals surface area contributed by atoms with E-state index in [2.05, 4.69) is 5.32 Å². The number of aryl methyl sites for hydroxylation is 1. The Balaban J connectivity index is 2.12. The maximum Gasteiger partial charge on any atom is 0.258 e. The number of aromatic hydroxyl groups is 1. The number of rotatable bonds is 5. The lowest BCUT2D eigenvalue weighted by Gasteiger charge is -2.17. The minimum Gasteiger partial charge on any atom is -0.507 e. The highest BCUT2D eigenvalue weighted by Gasteiger charge is 2.21. The predicted molar refractivity (Wildman–Crippen MR) is 81.2 cm³/mol. The molecule has 0 saturated heterocycles. The van der Waals surface area contributed by atoms with Gasteiger partial charge in [-0.05, 0) is 18.9 Å². The first-order valence-electron chi connectivity index (χ1n) is 7.06. The molecule has 0 bridgehead atoms. The highest BCUT2D eigenvalue weighted by atomic mass is 19.1. The summed E-state index contributed by atoms with van der Waals surface area (Å²) in [4.78, 5) is 12.1. The molecular weight excluding hydrogens is 304 g/mol. The number of carbonyl (C=O) groups is 1. The molecule has 1 amide bonds. The third-order valence-corrected chi connectivity index (χ3v) is 3.42. The molecule has 2 aromatic carbocycles. The summed E-state index contributed by atoms with van der Waals surface area (Å²) in [5.74, 6) is -3.83. The number of aliphatic hydroxyl groups is 1. The summed E-state index contributed by atoms with van der Waals surface area (Å²) in [5.41, 5.74) is 1.32. The molecule has 2 aromatic rings. The Kier molecular flexibility index (Phi) is 5.28. The molecule has 1 unspecified atom stereocenters. The third-order valence-electron chi connectivity index (χ3n) is 3.42. The number of halogens is 2. The molecule has 3 N–H and O–H groups in total. The number of phenols is 1. The summed E-state index contributed by atoms with van der Waals surface area (Å²) in [6, 6.07) is 8.04. The zero-order chi connectivity index (χ0) is 17.0. The van der Waals surface area contributed by atoms with Crippen molar-refractivity contribution < 1.29 is 23.8 Å². The standard InChI is InChI=1S/C17H17F2NO3/c1-10-2-4-11(5-3-10)6-13(9-21)20-17(23)16-14(19)7-12(18)8-15(16)22/h2-5,7-8,13,21-22H,6,9H2,1H3,(H,20,23). The number of aliphatic hydroxyl groups excluding tert-OH is 1. The van der Waals surface area contributed by atoms with E-state index in [1.54, 1.807) is 0 Å². The first-order valence-corrected chi connectivity index (χ1v) is 7.06. The second-order valence-corrected chi connectivity index (χ2v) is 5.32. The maximum absolute atomic E-state index is 13.7. The molecular formula is C17H17F2NO3. The van der Waals surface area contributed by atoms with Gasteiger partial charge < -0.3 is 15.5 Å². The van der Waals surface area contributed by atoms with Gasteiger partial charge in [-0.25, -0.2) is 8.78 Å². The van der Waals surface area contributed by atoms with Gasteiger partial charge in [0.05, 0.1) is 12.6 Å². The largest absolute Gasteiger partial charge is 0.507 e. The number of amides is 1. The average molecular weight is 321 g/mol. The Bertz CT molecular complexity index is 678. The maximum atomic E-state index is 13.7. The lowest BCUT2D eigenvalue weighted by atomic mass is 10.0. The van der Waals surface area contributed by atoms with E-state index in [4.69, 9.17) is 0 Å². The van der Waals surface area contributed by atoms with E-state index in [0.717, 1.165) is 11.1 Å². The molecule has 0 aliphatic rings. The normalized spacial score (nSPS) is 12.0. The SMILES string of the molecule is Cc1ccc(CC(CO)NC(=O)c2c(O)cc(F)cc2F)cc1. The summed E-state index contributed by atoms with van der Waals surface area (Å²) in [6.07, 6.45) is 0.339. The summed E-state index contributed by atoms with van der Waals surface area (Å²) >= 11 is 0. The zero-order valence-corrected chi connectivity index (χ0v) is 12.5. The summed E-state index contributed by atoms with van der Waals surface area (Å²) in [6.45, 7) is 1.58. The van der Waals surface area contributed by atoms with Crippen LogP contribution in [-0.4, -0.2) is 28.8 Å². The van der Waals surface area contributed by atoms with Gasteiger partial charge >= 0.3 is 0 Å². The molecule has 122 valence electrons. The van der Waals surface area contributed by atoms with E-state index in [1.807, 2.05) is 31.2 Å². The molecule has 0 fully saturated rings. The van der Waals surface area contributed by atoms with Crippen molar-refractivity contribution in [3.8, 4) is 5.75 Å². The van der Waals surface area contributed by atoms with Crippen molar-refractivity contribution in [2.45, 2.75) is 19.4 Å². The number of hydrogen-bond acceptors (Lipinski definition) is 3. The van der Waals surface area contributed by atoms with Crippen molar-refractivity contribution in [1.29, 1.82) is 0 Å². The van der Waals surface area contributed by atoms with Crippen molar-refractivity contribution in [3.05, 3.63) is 64.7 Å². The van der Waals surface area contributed by atoms with Crippen LogP contribution >= 0.6 is 0 Å². The van der Waals surface area contributed by atoms with Gasteiger partial charge in [-0.1, -0.05) is 29.8 Å². The fourth-order valence-electron chi connectivity index (χ4n) is 2.21. The Morgan fingerprint density at radius 3 is 2.43 bits per heavy atom. The molecule has 0 aromatic heterocycles. The van der Waals surface area contributed by atoms with Crippen LogP contribution in [0.5, 0.6) is 5.75 Å². The minimum absolute atomic E-state index is 0.339.